The lowest BCUT2D eigenvalue weighted by Gasteiger charge is -2.34. The van der Waals surface area contributed by atoms with Crippen LogP contribution in [0.25, 0.3) is 0 Å². The highest BCUT2D eigenvalue weighted by atomic mass is 15.2. The first kappa shape index (κ1) is 13.2. The predicted octanol–water partition coefficient (Wildman–Crippen LogP) is 3.24. The molecule has 0 heterocycles. The topological polar surface area (TPSA) is 38.0 Å². The summed E-state index contributed by atoms with van der Waals surface area (Å²) in [6.45, 7) is 11.0. The van der Waals surface area contributed by atoms with Crippen LogP contribution in [0.15, 0.2) is 18.2 Å². The number of hydrogen-bond donors (Lipinski definition) is 2. The maximum atomic E-state index is 5.74. The van der Waals surface area contributed by atoms with Gasteiger partial charge in [-0.05, 0) is 36.8 Å². The first-order chi connectivity index (χ1) is 7.42. The number of rotatable bonds is 4. The third-order valence-corrected chi connectivity index (χ3v) is 3.61. The maximum Gasteiger partial charge on any atom is 0.0513 e. The van der Waals surface area contributed by atoms with Crippen LogP contribution in [0.4, 0.5) is 0 Å². The minimum Gasteiger partial charge on any atom is -0.271 e. The minimum atomic E-state index is 0.160. The van der Waals surface area contributed by atoms with Crippen molar-refractivity contribution in [3.8, 4) is 0 Å². The van der Waals surface area contributed by atoms with Crippen LogP contribution in [-0.4, -0.2) is 0 Å². The second-order valence-corrected chi connectivity index (χ2v) is 5.30. The zero-order chi connectivity index (χ0) is 12.3. The van der Waals surface area contributed by atoms with Gasteiger partial charge in [0.05, 0.1) is 6.04 Å². The van der Waals surface area contributed by atoms with E-state index < -0.39 is 0 Å². The van der Waals surface area contributed by atoms with Gasteiger partial charge in [0.15, 0.2) is 0 Å². The van der Waals surface area contributed by atoms with E-state index >= 15 is 0 Å². The van der Waals surface area contributed by atoms with Gasteiger partial charge in [0.1, 0.15) is 0 Å². The zero-order valence-corrected chi connectivity index (χ0v) is 11.1. The molecule has 1 aromatic carbocycles. The molecule has 1 unspecified atom stereocenters. The van der Waals surface area contributed by atoms with Gasteiger partial charge in [-0.1, -0.05) is 44.5 Å². The second-order valence-electron chi connectivity index (χ2n) is 5.30. The number of aryl methyl sites for hydroxylation is 2. The lowest BCUT2D eigenvalue weighted by molar-refractivity contribution is 0.235. The highest BCUT2D eigenvalue weighted by Crippen LogP contribution is 2.37. The van der Waals surface area contributed by atoms with Crippen molar-refractivity contribution in [3.63, 3.8) is 0 Å². The van der Waals surface area contributed by atoms with Crippen LogP contribution in [0.2, 0.25) is 0 Å². The van der Waals surface area contributed by atoms with E-state index in [1.807, 2.05) is 0 Å². The second kappa shape index (κ2) is 4.98. The van der Waals surface area contributed by atoms with Crippen molar-refractivity contribution in [3.05, 3.63) is 34.9 Å². The number of nitrogens with two attached hydrogens (primary N) is 1. The van der Waals surface area contributed by atoms with Gasteiger partial charge >= 0.3 is 0 Å². The van der Waals surface area contributed by atoms with Gasteiger partial charge in [-0.2, -0.15) is 0 Å². The highest BCUT2D eigenvalue weighted by Gasteiger charge is 2.29. The first-order valence-corrected chi connectivity index (χ1v) is 5.95. The number of hydrogen-bond acceptors (Lipinski definition) is 2. The third-order valence-electron chi connectivity index (χ3n) is 3.61. The summed E-state index contributed by atoms with van der Waals surface area (Å²) in [4.78, 5) is 0. The molecule has 0 spiro atoms. The van der Waals surface area contributed by atoms with Crippen LogP contribution in [-0.2, 0) is 0 Å². The molecule has 0 amide bonds. The van der Waals surface area contributed by atoms with E-state index in [0.29, 0.717) is 0 Å². The van der Waals surface area contributed by atoms with E-state index in [2.05, 4.69) is 58.2 Å². The Morgan fingerprint density at radius 3 is 2.44 bits per heavy atom. The largest absolute Gasteiger partial charge is 0.271 e. The first-order valence-electron chi connectivity index (χ1n) is 5.95. The molecule has 1 atom stereocenters. The maximum absolute atomic E-state index is 5.74. The fraction of sp³-hybridized carbons (Fsp3) is 0.571. The fourth-order valence-corrected chi connectivity index (χ4v) is 2.01. The van der Waals surface area contributed by atoms with Crippen molar-refractivity contribution in [1.82, 2.24) is 5.43 Å². The Balaban J connectivity index is 3.18. The molecule has 0 radical (unpaired) electrons. The summed E-state index contributed by atoms with van der Waals surface area (Å²) in [7, 11) is 0. The molecule has 0 aromatic heterocycles. The molecule has 2 heteroatoms. The van der Waals surface area contributed by atoms with Gasteiger partial charge in [-0.3, -0.25) is 11.3 Å². The van der Waals surface area contributed by atoms with Crippen LogP contribution in [0.3, 0.4) is 0 Å². The van der Waals surface area contributed by atoms with E-state index in [-0.39, 0.29) is 11.5 Å². The summed E-state index contributed by atoms with van der Waals surface area (Å²) >= 11 is 0. The van der Waals surface area contributed by atoms with Crippen molar-refractivity contribution in [2.75, 3.05) is 0 Å². The van der Waals surface area contributed by atoms with Gasteiger partial charge in [0.25, 0.3) is 0 Å². The summed E-state index contributed by atoms with van der Waals surface area (Å²) in [6, 6.07) is 6.75. The minimum absolute atomic E-state index is 0.160. The van der Waals surface area contributed by atoms with Crippen LogP contribution >= 0.6 is 0 Å². The lowest BCUT2D eigenvalue weighted by Crippen LogP contribution is -2.38. The van der Waals surface area contributed by atoms with E-state index in [0.717, 1.165) is 6.42 Å². The van der Waals surface area contributed by atoms with Crippen LogP contribution in [0.1, 0.15) is 49.9 Å². The molecule has 90 valence electrons. The normalized spacial score (nSPS) is 13.9. The summed E-state index contributed by atoms with van der Waals surface area (Å²) in [5.41, 5.74) is 7.04. The molecule has 1 aromatic rings. The van der Waals surface area contributed by atoms with E-state index in [1.54, 1.807) is 0 Å². The van der Waals surface area contributed by atoms with E-state index in [1.165, 1.54) is 16.7 Å². The van der Waals surface area contributed by atoms with E-state index in [4.69, 9.17) is 5.84 Å². The Hall–Kier alpha value is -0.860. The molecule has 0 fully saturated rings. The summed E-state index contributed by atoms with van der Waals surface area (Å²) in [5.74, 6) is 5.74. The smallest absolute Gasteiger partial charge is 0.0513 e. The van der Waals surface area contributed by atoms with Crippen LogP contribution < -0.4 is 11.3 Å². The third kappa shape index (κ3) is 2.63. The lowest BCUT2D eigenvalue weighted by atomic mass is 9.77. The van der Waals surface area contributed by atoms with Crippen molar-refractivity contribution < 1.29 is 0 Å². The molecular formula is C14H24N2. The zero-order valence-electron chi connectivity index (χ0n) is 11.1. The fourth-order valence-electron chi connectivity index (χ4n) is 2.01. The van der Waals surface area contributed by atoms with Gasteiger partial charge < -0.3 is 0 Å². The average molecular weight is 220 g/mol. The average Bonchev–Trinajstić information content (AvgIpc) is 2.24. The van der Waals surface area contributed by atoms with Gasteiger partial charge in [0.2, 0.25) is 0 Å². The van der Waals surface area contributed by atoms with Crippen molar-refractivity contribution >= 4 is 0 Å². The van der Waals surface area contributed by atoms with Crippen molar-refractivity contribution in [1.29, 1.82) is 0 Å². The summed E-state index contributed by atoms with van der Waals surface area (Å²) < 4.78 is 0. The van der Waals surface area contributed by atoms with Crippen molar-refractivity contribution in [2.24, 2.45) is 11.3 Å². The summed E-state index contributed by atoms with van der Waals surface area (Å²) in [6.07, 6.45) is 1.09. The number of hydrazine groups is 1. The molecular weight excluding hydrogens is 196 g/mol. The quantitative estimate of drug-likeness (QED) is 0.604. The molecule has 0 aliphatic rings. The Morgan fingerprint density at radius 1 is 1.31 bits per heavy atom. The van der Waals surface area contributed by atoms with E-state index in [9.17, 15) is 0 Å². The SMILES string of the molecule is CCC(C)(C)C(NN)c1cc(C)ccc1C. The number of benzene rings is 1. The number of nitrogens with one attached hydrogen (secondary N) is 1. The molecule has 3 N–H and O–H groups in total. The molecule has 0 saturated heterocycles. The molecule has 0 bridgehead atoms. The van der Waals surface area contributed by atoms with Gasteiger partial charge in [-0.15, -0.1) is 0 Å². The predicted molar refractivity (Wildman–Crippen MR) is 70.1 cm³/mol. The Labute approximate surface area is 99.2 Å². The Kier molecular flexibility index (Phi) is 4.11. The Morgan fingerprint density at radius 2 is 1.94 bits per heavy atom. The standard InChI is InChI=1S/C14H24N2/c1-6-14(4,5)13(16-15)12-9-10(2)7-8-11(12)3/h7-9,13,16H,6,15H2,1-5H3. The highest BCUT2D eigenvalue weighted by molar-refractivity contribution is 5.34. The van der Waals surface area contributed by atoms with Crippen molar-refractivity contribution in [2.45, 2.75) is 47.1 Å². The van der Waals surface area contributed by atoms with Gasteiger partial charge in [-0.25, -0.2) is 0 Å². The molecule has 2 nitrogen and oxygen atoms in total. The summed E-state index contributed by atoms with van der Waals surface area (Å²) in [5, 5.41) is 0. The molecule has 16 heavy (non-hydrogen) atoms. The van der Waals surface area contributed by atoms with Crippen LogP contribution in [0.5, 0.6) is 0 Å². The molecule has 0 aliphatic heterocycles. The molecule has 1 rings (SSSR count). The monoisotopic (exact) mass is 220 g/mol. The molecule has 0 aliphatic carbocycles. The van der Waals surface area contributed by atoms with Crippen LogP contribution in [0, 0.1) is 19.3 Å². The molecule has 0 saturated carbocycles. The van der Waals surface area contributed by atoms with Gasteiger partial charge in [0, 0.05) is 0 Å². The Bertz CT molecular complexity index is 356.